The third-order valence-corrected chi connectivity index (χ3v) is 4.07. The number of fused-ring (bicyclic) bond motifs is 1. The highest BCUT2D eigenvalue weighted by Gasteiger charge is 2.08. The summed E-state index contributed by atoms with van der Waals surface area (Å²) >= 11 is 0. The molecule has 4 nitrogen and oxygen atoms in total. The number of non-ortho nitro benzene ring substituents is 1. The number of aromatic amines is 1. The van der Waals surface area contributed by atoms with E-state index in [1.807, 2.05) is 18.2 Å². The first-order valence-corrected chi connectivity index (χ1v) is 7.44. The van der Waals surface area contributed by atoms with Gasteiger partial charge in [0.15, 0.2) is 0 Å². The van der Waals surface area contributed by atoms with Gasteiger partial charge in [-0.25, -0.2) is 0 Å². The molecule has 0 aliphatic heterocycles. The Labute approximate surface area is 128 Å². The molecule has 1 N–H and O–H groups in total. The van der Waals surface area contributed by atoms with Gasteiger partial charge in [0.1, 0.15) is 0 Å². The zero-order valence-corrected chi connectivity index (χ0v) is 12.5. The minimum atomic E-state index is -0.362. The lowest BCUT2D eigenvalue weighted by Crippen LogP contribution is -1.92. The first-order chi connectivity index (χ1) is 10.6. The van der Waals surface area contributed by atoms with Crippen molar-refractivity contribution in [1.29, 1.82) is 0 Å². The average molecular weight is 294 g/mol. The van der Waals surface area contributed by atoms with Crippen LogP contribution in [0, 0.1) is 17.0 Å². The molecule has 22 heavy (non-hydrogen) atoms. The molecule has 0 saturated heterocycles. The maximum Gasteiger partial charge on any atom is 0.269 e. The van der Waals surface area contributed by atoms with E-state index in [-0.39, 0.29) is 10.6 Å². The summed E-state index contributed by atoms with van der Waals surface area (Å²) in [5.74, 6) is 0. The summed E-state index contributed by atoms with van der Waals surface area (Å²) in [5.41, 5.74) is 5.08. The fraction of sp³-hybridized carbons (Fsp3) is 0.222. The van der Waals surface area contributed by atoms with Crippen molar-refractivity contribution in [2.75, 3.05) is 0 Å². The molecule has 0 atom stereocenters. The van der Waals surface area contributed by atoms with Gasteiger partial charge in [0.25, 0.3) is 5.69 Å². The second kappa shape index (κ2) is 6.02. The van der Waals surface area contributed by atoms with Crippen LogP contribution in [0.15, 0.2) is 48.5 Å². The fourth-order valence-corrected chi connectivity index (χ4v) is 2.91. The van der Waals surface area contributed by atoms with Crippen LogP contribution in [0.5, 0.6) is 0 Å². The molecule has 1 aromatic heterocycles. The number of hydrogen-bond acceptors (Lipinski definition) is 2. The minimum Gasteiger partial charge on any atom is -0.358 e. The molecule has 0 radical (unpaired) electrons. The largest absolute Gasteiger partial charge is 0.358 e. The van der Waals surface area contributed by atoms with Crippen LogP contribution in [-0.4, -0.2) is 9.91 Å². The van der Waals surface area contributed by atoms with Gasteiger partial charge in [0, 0.05) is 28.7 Å². The summed E-state index contributed by atoms with van der Waals surface area (Å²) < 4.78 is 0. The van der Waals surface area contributed by atoms with Gasteiger partial charge in [-0.1, -0.05) is 30.3 Å². The van der Waals surface area contributed by atoms with Crippen LogP contribution in [0.2, 0.25) is 0 Å². The Morgan fingerprint density at radius 3 is 2.50 bits per heavy atom. The Kier molecular flexibility index (Phi) is 3.92. The zero-order chi connectivity index (χ0) is 15.5. The van der Waals surface area contributed by atoms with Crippen molar-refractivity contribution in [3.05, 3.63) is 75.5 Å². The summed E-state index contributed by atoms with van der Waals surface area (Å²) in [5, 5.41) is 11.9. The van der Waals surface area contributed by atoms with E-state index in [4.69, 9.17) is 0 Å². The lowest BCUT2D eigenvalue weighted by Gasteiger charge is -2.03. The highest BCUT2D eigenvalue weighted by molar-refractivity contribution is 5.84. The van der Waals surface area contributed by atoms with Gasteiger partial charge in [0.2, 0.25) is 0 Å². The Morgan fingerprint density at radius 2 is 1.77 bits per heavy atom. The summed E-state index contributed by atoms with van der Waals surface area (Å²) in [6.45, 7) is 2.11. The Bertz CT molecular complexity index is 804. The van der Waals surface area contributed by atoms with Crippen LogP contribution in [-0.2, 0) is 12.8 Å². The van der Waals surface area contributed by atoms with Crippen molar-refractivity contribution >= 4 is 16.6 Å². The van der Waals surface area contributed by atoms with Gasteiger partial charge >= 0.3 is 0 Å². The van der Waals surface area contributed by atoms with Crippen molar-refractivity contribution in [1.82, 2.24) is 4.98 Å². The Balaban J connectivity index is 1.67. The van der Waals surface area contributed by atoms with E-state index in [1.54, 1.807) is 12.1 Å². The number of aryl methyl sites for hydroxylation is 3. The maximum absolute atomic E-state index is 10.6. The molecule has 0 unspecified atom stereocenters. The highest BCUT2D eigenvalue weighted by atomic mass is 16.6. The quantitative estimate of drug-likeness (QED) is 0.554. The molecule has 3 aromatic rings. The van der Waals surface area contributed by atoms with Crippen LogP contribution in [0.4, 0.5) is 5.69 Å². The minimum absolute atomic E-state index is 0.149. The maximum atomic E-state index is 10.6. The molecule has 1 heterocycles. The molecule has 0 aliphatic rings. The van der Waals surface area contributed by atoms with Gasteiger partial charge in [-0.2, -0.15) is 0 Å². The van der Waals surface area contributed by atoms with Gasteiger partial charge < -0.3 is 4.98 Å². The van der Waals surface area contributed by atoms with Crippen molar-refractivity contribution in [3.63, 3.8) is 0 Å². The van der Waals surface area contributed by atoms with Gasteiger partial charge in [-0.3, -0.25) is 10.1 Å². The molecule has 0 fully saturated rings. The summed E-state index contributed by atoms with van der Waals surface area (Å²) in [7, 11) is 0. The number of H-pyrrole nitrogens is 1. The van der Waals surface area contributed by atoms with Crippen LogP contribution in [0.25, 0.3) is 10.9 Å². The number of nitro groups is 1. The number of rotatable bonds is 5. The molecule has 0 amide bonds. The van der Waals surface area contributed by atoms with Crippen molar-refractivity contribution in [2.45, 2.75) is 26.2 Å². The number of para-hydroxylation sites is 1. The highest BCUT2D eigenvalue weighted by Crippen LogP contribution is 2.23. The predicted octanol–water partition coefficient (Wildman–Crippen LogP) is 4.56. The Morgan fingerprint density at radius 1 is 1.05 bits per heavy atom. The number of hydrogen-bond donors (Lipinski definition) is 1. The zero-order valence-electron chi connectivity index (χ0n) is 12.5. The second-order valence-corrected chi connectivity index (χ2v) is 5.55. The van der Waals surface area contributed by atoms with Crippen molar-refractivity contribution in [2.24, 2.45) is 0 Å². The van der Waals surface area contributed by atoms with E-state index in [2.05, 4.69) is 30.1 Å². The molecule has 0 aliphatic carbocycles. The first-order valence-electron chi connectivity index (χ1n) is 7.44. The van der Waals surface area contributed by atoms with Crippen molar-refractivity contribution in [3.8, 4) is 0 Å². The molecule has 0 spiro atoms. The number of nitrogens with zero attached hydrogens (tertiary/aromatic N) is 1. The third kappa shape index (κ3) is 2.86. The predicted molar refractivity (Wildman–Crippen MR) is 88.2 cm³/mol. The summed E-state index contributed by atoms with van der Waals surface area (Å²) in [6.07, 6.45) is 2.96. The van der Waals surface area contributed by atoms with E-state index in [9.17, 15) is 10.1 Å². The number of benzene rings is 2. The van der Waals surface area contributed by atoms with Crippen LogP contribution < -0.4 is 0 Å². The fourth-order valence-electron chi connectivity index (χ4n) is 2.91. The SMILES string of the molecule is Cc1[nH]c2ccccc2c1CCCc1ccc([N+](=O)[O-])cc1. The Hall–Kier alpha value is -2.62. The van der Waals surface area contributed by atoms with Gasteiger partial charge in [0.05, 0.1) is 4.92 Å². The molecule has 0 saturated carbocycles. The monoisotopic (exact) mass is 294 g/mol. The first kappa shape index (κ1) is 14.3. The smallest absolute Gasteiger partial charge is 0.269 e. The molecule has 2 aromatic carbocycles. The second-order valence-electron chi connectivity index (χ2n) is 5.55. The van der Waals surface area contributed by atoms with E-state index in [1.165, 1.54) is 22.2 Å². The van der Waals surface area contributed by atoms with E-state index < -0.39 is 0 Å². The van der Waals surface area contributed by atoms with E-state index in [0.717, 1.165) is 24.8 Å². The third-order valence-electron chi connectivity index (χ3n) is 4.07. The van der Waals surface area contributed by atoms with Gasteiger partial charge in [-0.15, -0.1) is 0 Å². The van der Waals surface area contributed by atoms with E-state index in [0.29, 0.717) is 0 Å². The number of nitro benzene ring substituents is 1. The van der Waals surface area contributed by atoms with Crippen LogP contribution >= 0.6 is 0 Å². The summed E-state index contributed by atoms with van der Waals surface area (Å²) in [6, 6.07) is 15.2. The standard InChI is InChI=1S/C18H18N2O2/c1-13-16(17-6-2-3-8-18(17)19-13)7-4-5-14-9-11-15(12-10-14)20(21)22/h2-3,6,8-12,19H,4-5,7H2,1H3. The molecular formula is C18H18N2O2. The lowest BCUT2D eigenvalue weighted by molar-refractivity contribution is -0.384. The molecule has 0 bridgehead atoms. The van der Waals surface area contributed by atoms with Crippen LogP contribution in [0.1, 0.15) is 23.2 Å². The molecule has 3 rings (SSSR count). The molecule has 4 heteroatoms. The number of aromatic nitrogens is 1. The molecular weight excluding hydrogens is 276 g/mol. The summed E-state index contributed by atoms with van der Waals surface area (Å²) in [4.78, 5) is 13.7. The normalized spacial score (nSPS) is 11.0. The van der Waals surface area contributed by atoms with Crippen LogP contribution in [0.3, 0.4) is 0 Å². The lowest BCUT2D eigenvalue weighted by atomic mass is 10.0. The van der Waals surface area contributed by atoms with E-state index >= 15 is 0 Å². The average Bonchev–Trinajstić information content (AvgIpc) is 2.84. The molecule has 112 valence electrons. The topological polar surface area (TPSA) is 58.9 Å². The van der Waals surface area contributed by atoms with Gasteiger partial charge in [-0.05, 0) is 43.4 Å². The number of nitrogens with one attached hydrogen (secondary N) is 1. The van der Waals surface area contributed by atoms with Crippen molar-refractivity contribution < 1.29 is 4.92 Å².